The first-order chi connectivity index (χ1) is 9.06. The zero-order valence-corrected chi connectivity index (χ0v) is 12.7. The molecule has 0 bridgehead atoms. The molecule has 0 amide bonds. The van der Waals surface area contributed by atoms with Crippen molar-refractivity contribution < 1.29 is 9.53 Å². The van der Waals surface area contributed by atoms with Crippen LogP contribution in [0, 0.1) is 0 Å². The Bertz CT molecular complexity index is 602. The number of hydrogen-bond acceptors (Lipinski definition) is 3. The number of carbonyl (C=O) groups is 1. The van der Waals surface area contributed by atoms with Crippen molar-refractivity contribution in [3.63, 3.8) is 0 Å². The van der Waals surface area contributed by atoms with E-state index in [1.807, 2.05) is 0 Å². The predicted molar refractivity (Wildman–Crippen MR) is 77.5 cm³/mol. The number of aromatic nitrogens is 1. The minimum atomic E-state index is -0.485. The van der Waals surface area contributed by atoms with Crippen LogP contribution in [-0.2, 0) is 11.3 Å². The Kier molecular flexibility index (Phi) is 4.80. The molecule has 0 aliphatic heterocycles. The molecular formula is C13H8BrCl2NO2. The monoisotopic (exact) mass is 359 g/mol. The van der Waals surface area contributed by atoms with Crippen LogP contribution in [-0.4, -0.2) is 11.0 Å². The van der Waals surface area contributed by atoms with Crippen molar-refractivity contribution in [2.45, 2.75) is 6.61 Å². The van der Waals surface area contributed by atoms with Gasteiger partial charge in [0.25, 0.3) is 0 Å². The molecule has 0 saturated carbocycles. The van der Waals surface area contributed by atoms with E-state index in [1.54, 1.807) is 36.5 Å². The number of rotatable bonds is 3. The van der Waals surface area contributed by atoms with E-state index >= 15 is 0 Å². The summed E-state index contributed by atoms with van der Waals surface area (Å²) in [5.41, 5.74) is 1.07. The Morgan fingerprint density at radius 1 is 1.26 bits per heavy atom. The maximum absolute atomic E-state index is 11.9. The summed E-state index contributed by atoms with van der Waals surface area (Å²) < 4.78 is 5.92. The van der Waals surface area contributed by atoms with Gasteiger partial charge in [0.05, 0.1) is 10.6 Å². The molecule has 2 rings (SSSR count). The molecular weight excluding hydrogens is 353 g/mol. The number of esters is 1. The molecule has 0 atom stereocenters. The molecule has 0 unspecified atom stereocenters. The Balaban J connectivity index is 2.05. The smallest absolute Gasteiger partial charge is 0.340 e. The first kappa shape index (κ1) is 14.3. The van der Waals surface area contributed by atoms with Gasteiger partial charge in [0.1, 0.15) is 11.8 Å². The second-order valence-corrected chi connectivity index (χ2v) is 5.40. The summed E-state index contributed by atoms with van der Waals surface area (Å²) in [5, 5.41) is 0.743. The minimum absolute atomic E-state index is 0.117. The number of halogens is 3. The van der Waals surface area contributed by atoms with E-state index in [0.29, 0.717) is 15.7 Å². The molecule has 1 aromatic carbocycles. The van der Waals surface area contributed by atoms with E-state index in [2.05, 4.69) is 20.9 Å². The molecule has 98 valence electrons. The molecule has 6 heteroatoms. The van der Waals surface area contributed by atoms with Crippen molar-refractivity contribution in [2.75, 3.05) is 0 Å². The highest BCUT2D eigenvalue weighted by molar-refractivity contribution is 9.10. The van der Waals surface area contributed by atoms with E-state index < -0.39 is 5.97 Å². The second-order valence-electron chi connectivity index (χ2n) is 3.69. The van der Waals surface area contributed by atoms with Crippen molar-refractivity contribution in [2.24, 2.45) is 0 Å². The molecule has 3 nitrogen and oxygen atoms in total. The van der Waals surface area contributed by atoms with Crippen LogP contribution in [0.4, 0.5) is 0 Å². The second kappa shape index (κ2) is 6.37. The summed E-state index contributed by atoms with van der Waals surface area (Å²) in [6.07, 6.45) is 1.55. The van der Waals surface area contributed by atoms with Gasteiger partial charge in [-0.3, -0.25) is 0 Å². The fraction of sp³-hybridized carbons (Fsp3) is 0.0769. The zero-order valence-electron chi connectivity index (χ0n) is 9.57. The van der Waals surface area contributed by atoms with Crippen LogP contribution < -0.4 is 0 Å². The predicted octanol–water partition coefficient (Wildman–Crippen LogP) is 4.51. The Hall–Kier alpha value is -1.10. The molecule has 0 saturated heterocycles. The summed E-state index contributed by atoms with van der Waals surface area (Å²) >= 11 is 14.9. The fourth-order valence-corrected chi connectivity index (χ4v) is 2.04. The zero-order chi connectivity index (χ0) is 13.8. The lowest BCUT2D eigenvalue weighted by atomic mass is 10.2. The fourth-order valence-electron chi connectivity index (χ4n) is 1.37. The Morgan fingerprint density at radius 3 is 2.74 bits per heavy atom. The summed E-state index contributed by atoms with van der Waals surface area (Å²) in [7, 11) is 0. The average Bonchev–Trinajstić information content (AvgIpc) is 2.40. The van der Waals surface area contributed by atoms with Crippen molar-refractivity contribution in [1.29, 1.82) is 0 Å². The van der Waals surface area contributed by atoms with Gasteiger partial charge in [-0.1, -0.05) is 45.2 Å². The standard InChI is InChI=1S/C13H8BrCl2NO2/c14-9-2-3-11(15)10(5-9)13(18)19-7-8-1-4-12(16)17-6-8/h1-6H,7H2. The largest absolute Gasteiger partial charge is 0.457 e. The molecule has 0 spiro atoms. The van der Waals surface area contributed by atoms with Crippen LogP contribution in [0.25, 0.3) is 0 Å². The molecule has 1 heterocycles. The number of pyridine rings is 1. The van der Waals surface area contributed by atoms with Crippen molar-refractivity contribution >= 4 is 45.1 Å². The number of nitrogens with zero attached hydrogens (tertiary/aromatic N) is 1. The van der Waals surface area contributed by atoms with E-state index in [0.717, 1.165) is 10.0 Å². The van der Waals surface area contributed by atoms with E-state index in [9.17, 15) is 4.79 Å². The number of carbonyl (C=O) groups excluding carboxylic acids is 1. The summed E-state index contributed by atoms with van der Waals surface area (Å²) in [5.74, 6) is -0.485. The van der Waals surface area contributed by atoms with Gasteiger partial charge in [0.2, 0.25) is 0 Å². The van der Waals surface area contributed by atoms with Gasteiger partial charge in [0, 0.05) is 16.2 Å². The van der Waals surface area contributed by atoms with Crippen molar-refractivity contribution in [3.8, 4) is 0 Å². The van der Waals surface area contributed by atoms with Crippen LogP contribution in [0.2, 0.25) is 10.2 Å². The van der Waals surface area contributed by atoms with Gasteiger partial charge in [-0.15, -0.1) is 0 Å². The molecule has 0 N–H and O–H groups in total. The molecule has 0 aliphatic carbocycles. The first-order valence-corrected chi connectivity index (χ1v) is 6.84. The third kappa shape index (κ3) is 3.93. The lowest BCUT2D eigenvalue weighted by Gasteiger charge is -2.06. The van der Waals surface area contributed by atoms with E-state index in [4.69, 9.17) is 27.9 Å². The van der Waals surface area contributed by atoms with Gasteiger partial charge in [-0.25, -0.2) is 9.78 Å². The maximum Gasteiger partial charge on any atom is 0.340 e. The van der Waals surface area contributed by atoms with Gasteiger partial charge in [-0.2, -0.15) is 0 Å². The van der Waals surface area contributed by atoms with Gasteiger partial charge in [0.15, 0.2) is 0 Å². The molecule has 1 aromatic heterocycles. The third-order valence-corrected chi connectivity index (χ3v) is 3.35. The quantitative estimate of drug-likeness (QED) is 0.597. The number of ether oxygens (including phenoxy) is 1. The normalized spacial score (nSPS) is 10.3. The van der Waals surface area contributed by atoms with Gasteiger partial charge in [-0.05, 0) is 24.3 Å². The SMILES string of the molecule is O=C(OCc1ccc(Cl)nc1)c1cc(Br)ccc1Cl. The average molecular weight is 361 g/mol. The van der Waals surface area contributed by atoms with Crippen LogP contribution in [0.15, 0.2) is 41.0 Å². The molecule has 0 fully saturated rings. The lowest BCUT2D eigenvalue weighted by molar-refractivity contribution is 0.0472. The van der Waals surface area contributed by atoms with Gasteiger partial charge >= 0.3 is 5.97 Å². The first-order valence-electron chi connectivity index (χ1n) is 5.29. The molecule has 0 aliphatic rings. The highest BCUT2D eigenvalue weighted by Crippen LogP contribution is 2.22. The van der Waals surface area contributed by atoms with Crippen LogP contribution in [0.5, 0.6) is 0 Å². The Labute approximate surface area is 128 Å². The summed E-state index contributed by atoms with van der Waals surface area (Å²) in [6.45, 7) is 0.117. The molecule has 2 aromatic rings. The lowest BCUT2D eigenvalue weighted by Crippen LogP contribution is -2.06. The third-order valence-electron chi connectivity index (χ3n) is 2.31. The van der Waals surface area contributed by atoms with Crippen molar-refractivity contribution in [3.05, 3.63) is 62.3 Å². The molecule has 0 radical (unpaired) electrons. The maximum atomic E-state index is 11.9. The highest BCUT2D eigenvalue weighted by atomic mass is 79.9. The molecule has 19 heavy (non-hydrogen) atoms. The number of hydrogen-bond donors (Lipinski definition) is 0. The minimum Gasteiger partial charge on any atom is -0.457 e. The van der Waals surface area contributed by atoms with E-state index in [-0.39, 0.29) is 6.61 Å². The highest BCUT2D eigenvalue weighted by Gasteiger charge is 2.12. The van der Waals surface area contributed by atoms with Crippen LogP contribution >= 0.6 is 39.1 Å². The van der Waals surface area contributed by atoms with Gasteiger partial charge < -0.3 is 4.74 Å². The Morgan fingerprint density at radius 2 is 2.05 bits per heavy atom. The van der Waals surface area contributed by atoms with Crippen molar-refractivity contribution in [1.82, 2.24) is 4.98 Å². The summed E-state index contributed by atoms with van der Waals surface area (Å²) in [4.78, 5) is 15.8. The number of benzene rings is 1. The summed E-state index contributed by atoms with van der Waals surface area (Å²) in [6, 6.07) is 8.38. The van der Waals surface area contributed by atoms with Crippen LogP contribution in [0.3, 0.4) is 0 Å². The topological polar surface area (TPSA) is 39.2 Å². The van der Waals surface area contributed by atoms with Crippen LogP contribution in [0.1, 0.15) is 15.9 Å². The van der Waals surface area contributed by atoms with E-state index in [1.165, 1.54) is 0 Å².